The second-order valence-corrected chi connectivity index (χ2v) is 8.46. The van der Waals surface area contributed by atoms with Crippen LogP contribution in [0.1, 0.15) is 44.6 Å². The van der Waals surface area contributed by atoms with Crippen molar-refractivity contribution in [2.75, 3.05) is 12.3 Å². The molecule has 1 aliphatic rings. The third-order valence-corrected chi connectivity index (χ3v) is 6.09. The summed E-state index contributed by atoms with van der Waals surface area (Å²) in [6.07, 6.45) is 5.34. The van der Waals surface area contributed by atoms with Crippen molar-refractivity contribution in [3.8, 4) is 0 Å². The number of carbonyl (C=O) groups excluding carboxylic acids is 2. The van der Waals surface area contributed by atoms with Gasteiger partial charge in [-0.05, 0) is 50.3 Å². The molecule has 1 atom stereocenters. The first kappa shape index (κ1) is 20.6. The number of ether oxygens (including phenoxy) is 1. The van der Waals surface area contributed by atoms with Crippen LogP contribution in [0, 0.1) is 12.8 Å². The minimum atomic E-state index is -0.775. The molecule has 0 spiro atoms. The lowest BCUT2D eigenvalue weighted by molar-refractivity contribution is -0.152. The van der Waals surface area contributed by atoms with Crippen LogP contribution in [0.2, 0.25) is 0 Å². The fraction of sp³-hybridized carbons (Fsp3) is 0.500. The smallest absolute Gasteiger partial charge is 0.317 e. The molecule has 150 valence electrons. The van der Waals surface area contributed by atoms with Gasteiger partial charge >= 0.3 is 5.97 Å². The lowest BCUT2D eigenvalue weighted by atomic mass is 9.89. The Hall–Kier alpha value is -2.08. The number of aromatic nitrogens is 1. The minimum absolute atomic E-state index is 0.130. The van der Waals surface area contributed by atoms with Crippen molar-refractivity contribution < 1.29 is 14.3 Å². The molecule has 3 rings (SSSR count). The predicted molar refractivity (Wildman–Crippen MR) is 112 cm³/mol. The number of fused-ring (bicyclic) bond motifs is 1. The second kappa shape index (κ2) is 9.92. The van der Waals surface area contributed by atoms with Crippen molar-refractivity contribution in [3.05, 3.63) is 35.9 Å². The summed E-state index contributed by atoms with van der Waals surface area (Å²) < 4.78 is 5.29. The minimum Gasteiger partial charge on any atom is -0.452 e. The molecule has 1 aromatic carbocycles. The molecule has 1 N–H and O–H groups in total. The summed E-state index contributed by atoms with van der Waals surface area (Å²) in [4.78, 5) is 28.9. The Kier molecular flexibility index (Phi) is 7.31. The molecule has 1 unspecified atom stereocenters. The first-order chi connectivity index (χ1) is 13.5. The van der Waals surface area contributed by atoms with E-state index in [4.69, 9.17) is 4.74 Å². The molecule has 5 nitrogen and oxygen atoms in total. The Morgan fingerprint density at radius 3 is 2.79 bits per heavy atom. The number of nitrogens with zero attached hydrogens (tertiary/aromatic N) is 1. The van der Waals surface area contributed by atoms with Crippen molar-refractivity contribution in [2.24, 2.45) is 5.92 Å². The van der Waals surface area contributed by atoms with Gasteiger partial charge in [0.2, 0.25) is 0 Å². The number of nitrogens with one attached hydrogen (secondary N) is 1. The Morgan fingerprint density at radius 2 is 2.00 bits per heavy atom. The van der Waals surface area contributed by atoms with E-state index in [1.807, 2.05) is 37.3 Å². The Morgan fingerprint density at radius 1 is 1.25 bits per heavy atom. The molecule has 1 amide bonds. The SMILES string of the molecule is Cc1cc(SCC(=O)OC(C)C(=O)NCC2CCCCC2)nc2ccccc12. The Balaban J connectivity index is 1.45. The van der Waals surface area contributed by atoms with Crippen LogP contribution in [-0.4, -0.2) is 35.3 Å². The van der Waals surface area contributed by atoms with Gasteiger partial charge in [0.25, 0.3) is 5.91 Å². The normalized spacial score (nSPS) is 15.9. The number of para-hydroxylation sites is 1. The number of amides is 1. The van der Waals surface area contributed by atoms with Crippen molar-refractivity contribution in [1.29, 1.82) is 0 Å². The average molecular weight is 401 g/mol. The summed E-state index contributed by atoms with van der Waals surface area (Å²) in [6, 6.07) is 9.91. The van der Waals surface area contributed by atoms with Gasteiger partial charge in [-0.15, -0.1) is 0 Å². The Labute approximate surface area is 170 Å². The summed E-state index contributed by atoms with van der Waals surface area (Å²) in [5, 5.41) is 4.81. The number of aryl methyl sites for hydroxylation is 1. The number of rotatable bonds is 7. The van der Waals surface area contributed by atoms with Crippen LogP contribution in [0.5, 0.6) is 0 Å². The van der Waals surface area contributed by atoms with E-state index >= 15 is 0 Å². The van der Waals surface area contributed by atoms with Gasteiger partial charge in [0, 0.05) is 11.9 Å². The van der Waals surface area contributed by atoms with E-state index < -0.39 is 12.1 Å². The monoisotopic (exact) mass is 400 g/mol. The highest BCUT2D eigenvalue weighted by molar-refractivity contribution is 7.99. The second-order valence-electron chi connectivity index (χ2n) is 7.46. The molecule has 1 saturated carbocycles. The van der Waals surface area contributed by atoms with Crippen molar-refractivity contribution in [2.45, 2.75) is 57.1 Å². The molecule has 2 aromatic rings. The number of pyridine rings is 1. The summed E-state index contributed by atoms with van der Waals surface area (Å²) in [6.45, 7) is 4.33. The fourth-order valence-electron chi connectivity index (χ4n) is 3.59. The highest BCUT2D eigenvalue weighted by Crippen LogP contribution is 2.24. The number of benzene rings is 1. The van der Waals surface area contributed by atoms with Crippen LogP contribution in [0.3, 0.4) is 0 Å². The molecule has 6 heteroatoms. The highest BCUT2D eigenvalue weighted by Gasteiger charge is 2.20. The molecule has 28 heavy (non-hydrogen) atoms. The first-order valence-electron chi connectivity index (χ1n) is 9.99. The molecular weight excluding hydrogens is 372 g/mol. The van der Waals surface area contributed by atoms with Gasteiger partial charge in [-0.25, -0.2) is 4.98 Å². The molecule has 0 bridgehead atoms. The highest BCUT2D eigenvalue weighted by atomic mass is 32.2. The zero-order valence-electron chi connectivity index (χ0n) is 16.6. The molecule has 0 saturated heterocycles. The van der Waals surface area contributed by atoms with Gasteiger partial charge in [0.1, 0.15) is 0 Å². The van der Waals surface area contributed by atoms with E-state index in [1.165, 1.54) is 43.9 Å². The number of hydrogen-bond acceptors (Lipinski definition) is 5. The van der Waals surface area contributed by atoms with Crippen LogP contribution in [0.15, 0.2) is 35.4 Å². The lowest BCUT2D eigenvalue weighted by Gasteiger charge is -2.22. The predicted octanol–water partition coefficient (Wildman–Crippen LogP) is 4.26. The molecular formula is C22H28N2O3S. The quantitative estimate of drug-likeness (QED) is 0.555. The third kappa shape index (κ3) is 5.71. The summed E-state index contributed by atoms with van der Waals surface area (Å²) >= 11 is 1.33. The van der Waals surface area contributed by atoms with E-state index in [-0.39, 0.29) is 11.7 Å². The topological polar surface area (TPSA) is 68.3 Å². The van der Waals surface area contributed by atoms with Crippen molar-refractivity contribution in [3.63, 3.8) is 0 Å². The first-order valence-corrected chi connectivity index (χ1v) is 11.0. The molecule has 1 aliphatic carbocycles. The van der Waals surface area contributed by atoms with Crippen LogP contribution in [0.4, 0.5) is 0 Å². The molecule has 1 fully saturated rings. The summed E-state index contributed by atoms with van der Waals surface area (Å²) in [7, 11) is 0. The number of thioether (sulfide) groups is 1. The molecule has 1 heterocycles. The average Bonchev–Trinajstić information content (AvgIpc) is 2.71. The van der Waals surface area contributed by atoms with E-state index in [1.54, 1.807) is 6.92 Å². The van der Waals surface area contributed by atoms with E-state index in [9.17, 15) is 9.59 Å². The zero-order valence-corrected chi connectivity index (χ0v) is 17.4. The van der Waals surface area contributed by atoms with Gasteiger partial charge < -0.3 is 10.1 Å². The number of esters is 1. The molecule has 1 aromatic heterocycles. The third-order valence-electron chi connectivity index (χ3n) is 5.20. The maximum absolute atomic E-state index is 12.2. The summed E-state index contributed by atoms with van der Waals surface area (Å²) in [5.41, 5.74) is 2.03. The standard InChI is InChI=1S/C22H28N2O3S/c1-15-12-20(24-19-11-7-6-10-18(15)19)28-14-21(25)27-16(2)22(26)23-13-17-8-4-3-5-9-17/h6-7,10-12,16-17H,3-5,8-9,13-14H2,1-2H3,(H,23,26). The van der Waals surface area contributed by atoms with Crippen LogP contribution >= 0.6 is 11.8 Å². The van der Waals surface area contributed by atoms with Gasteiger partial charge in [0.15, 0.2) is 6.10 Å². The van der Waals surface area contributed by atoms with Gasteiger partial charge in [-0.2, -0.15) is 0 Å². The Bertz CT molecular complexity index is 834. The van der Waals surface area contributed by atoms with E-state index in [0.717, 1.165) is 21.5 Å². The van der Waals surface area contributed by atoms with E-state index in [0.29, 0.717) is 12.5 Å². The zero-order chi connectivity index (χ0) is 19.9. The van der Waals surface area contributed by atoms with Gasteiger partial charge in [0.05, 0.1) is 16.3 Å². The number of hydrogen-bond donors (Lipinski definition) is 1. The largest absolute Gasteiger partial charge is 0.452 e. The van der Waals surface area contributed by atoms with Crippen molar-refractivity contribution >= 4 is 34.5 Å². The molecule has 0 radical (unpaired) electrons. The molecule has 0 aliphatic heterocycles. The van der Waals surface area contributed by atoms with Crippen LogP contribution in [0.25, 0.3) is 10.9 Å². The van der Waals surface area contributed by atoms with Gasteiger partial charge in [-0.1, -0.05) is 49.2 Å². The number of carbonyl (C=O) groups is 2. The van der Waals surface area contributed by atoms with Crippen LogP contribution < -0.4 is 5.32 Å². The van der Waals surface area contributed by atoms with Gasteiger partial charge in [-0.3, -0.25) is 9.59 Å². The fourth-order valence-corrected chi connectivity index (χ4v) is 4.35. The summed E-state index contributed by atoms with van der Waals surface area (Å²) in [5.74, 6) is 0.0604. The van der Waals surface area contributed by atoms with Crippen LogP contribution in [-0.2, 0) is 14.3 Å². The lowest BCUT2D eigenvalue weighted by Crippen LogP contribution is -2.39. The van der Waals surface area contributed by atoms with Crippen molar-refractivity contribution in [1.82, 2.24) is 10.3 Å². The van der Waals surface area contributed by atoms with E-state index in [2.05, 4.69) is 10.3 Å². The maximum atomic E-state index is 12.2. The maximum Gasteiger partial charge on any atom is 0.317 e.